The fourth-order valence-electron chi connectivity index (χ4n) is 4.39. The minimum atomic E-state index is -0.858. The number of benzene rings is 1. The van der Waals surface area contributed by atoms with E-state index in [1.54, 1.807) is 25.7 Å². The summed E-state index contributed by atoms with van der Waals surface area (Å²) < 4.78 is 5.51. The van der Waals surface area contributed by atoms with Crippen LogP contribution in [0.3, 0.4) is 0 Å². The van der Waals surface area contributed by atoms with Crippen LogP contribution in [-0.4, -0.2) is 46.0 Å². The lowest BCUT2D eigenvalue weighted by Crippen LogP contribution is -2.61. The van der Waals surface area contributed by atoms with Crippen LogP contribution < -0.4 is 10.6 Å². The molecule has 7 heteroatoms. The Bertz CT molecular complexity index is 951. The molecular formula is C31H53N3O4. The van der Waals surface area contributed by atoms with Crippen molar-refractivity contribution in [3.05, 3.63) is 34.9 Å². The van der Waals surface area contributed by atoms with E-state index in [1.165, 1.54) is 0 Å². The predicted octanol–water partition coefficient (Wildman–Crippen LogP) is 6.61. The molecule has 0 aliphatic rings. The summed E-state index contributed by atoms with van der Waals surface area (Å²) in [7, 11) is 0. The second-order valence-corrected chi connectivity index (χ2v) is 12.3. The predicted molar refractivity (Wildman–Crippen MR) is 155 cm³/mol. The van der Waals surface area contributed by atoms with Crippen molar-refractivity contribution in [2.75, 3.05) is 0 Å². The van der Waals surface area contributed by atoms with E-state index in [1.807, 2.05) is 73.6 Å². The third kappa shape index (κ3) is 9.32. The van der Waals surface area contributed by atoms with Crippen molar-refractivity contribution in [1.29, 1.82) is 0 Å². The Morgan fingerprint density at radius 2 is 1.55 bits per heavy atom. The molecule has 7 nitrogen and oxygen atoms in total. The zero-order valence-corrected chi connectivity index (χ0v) is 26.0. The molecule has 0 spiro atoms. The summed E-state index contributed by atoms with van der Waals surface area (Å²) in [5.74, 6) is -0.685. The molecule has 216 valence electrons. The summed E-state index contributed by atoms with van der Waals surface area (Å²) >= 11 is 0. The number of carbonyl (C=O) groups is 3. The molecule has 2 N–H and O–H groups in total. The smallest absolute Gasteiger partial charge is 0.408 e. The molecule has 0 radical (unpaired) electrons. The summed E-state index contributed by atoms with van der Waals surface area (Å²) in [6.07, 6.45) is 2.42. The van der Waals surface area contributed by atoms with E-state index in [4.69, 9.17) is 4.74 Å². The number of hydrogen-bond donors (Lipinski definition) is 2. The number of ether oxygens (including phenoxy) is 1. The Kier molecular flexibility index (Phi) is 12.3. The first-order chi connectivity index (χ1) is 17.5. The normalized spacial score (nSPS) is 15.2. The van der Waals surface area contributed by atoms with Gasteiger partial charge in [0, 0.05) is 11.6 Å². The van der Waals surface area contributed by atoms with Gasteiger partial charge >= 0.3 is 6.09 Å². The van der Waals surface area contributed by atoms with Crippen LogP contribution in [0.5, 0.6) is 0 Å². The maximum Gasteiger partial charge on any atom is 0.408 e. The van der Waals surface area contributed by atoms with Crippen LogP contribution in [0.4, 0.5) is 4.79 Å². The Balaban J connectivity index is 3.73. The second kappa shape index (κ2) is 14.0. The first-order valence-corrected chi connectivity index (χ1v) is 14.2. The number of rotatable bonds is 12. The number of nitrogens with one attached hydrogen (secondary N) is 2. The fourth-order valence-corrected chi connectivity index (χ4v) is 4.39. The molecule has 0 fully saturated rings. The molecule has 0 aliphatic heterocycles. The molecule has 38 heavy (non-hydrogen) atoms. The van der Waals surface area contributed by atoms with Crippen LogP contribution in [0.2, 0.25) is 0 Å². The van der Waals surface area contributed by atoms with Crippen LogP contribution >= 0.6 is 0 Å². The van der Waals surface area contributed by atoms with Gasteiger partial charge in [0.25, 0.3) is 0 Å². The van der Waals surface area contributed by atoms with E-state index in [0.29, 0.717) is 12.8 Å². The molecule has 0 bridgehead atoms. The van der Waals surface area contributed by atoms with Crippen molar-refractivity contribution in [3.63, 3.8) is 0 Å². The van der Waals surface area contributed by atoms with Gasteiger partial charge in [0.1, 0.15) is 17.7 Å². The summed E-state index contributed by atoms with van der Waals surface area (Å²) in [5.41, 5.74) is 1.54. The fraction of sp³-hybridized carbons (Fsp3) is 0.710. The average Bonchev–Trinajstić information content (AvgIpc) is 2.80. The van der Waals surface area contributed by atoms with Crippen LogP contribution in [-0.2, 0) is 14.3 Å². The summed E-state index contributed by atoms with van der Waals surface area (Å²) in [6, 6.07) is 4.18. The van der Waals surface area contributed by atoms with Gasteiger partial charge < -0.3 is 20.3 Å². The van der Waals surface area contributed by atoms with Crippen molar-refractivity contribution < 1.29 is 19.1 Å². The lowest BCUT2D eigenvalue weighted by Gasteiger charge is -2.45. The third-order valence-electron chi connectivity index (χ3n) is 7.37. The number of nitrogens with zero attached hydrogens (tertiary/aromatic N) is 1. The highest BCUT2D eigenvalue weighted by atomic mass is 16.6. The van der Waals surface area contributed by atoms with Gasteiger partial charge in [0.05, 0.1) is 0 Å². The lowest BCUT2D eigenvalue weighted by molar-refractivity contribution is -0.150. The third-order valence-corrected chi connectivity index (χ3v) is 7.37. The number of carbonyl (C=O) groups excluding carboxylic acids is 3. The van der Waals surface area contributed by atoms with Crippen LogP contribution in [0, 0.1) is 19.8 Å². The highest BCUT2D eigenvalue weighted by Crippen LogP contribution is 2.34. The molecule has 0 aliphatic carbocycles. The molecule has 1 rings (SSSR count). The van der Waals surface area contributed by atoms with Crippen LogP contribution in [0.15, 0.2) is 18.2 Å². The second-order valence-electron chi connectivity index (χ2n) is 12.3. The number of amides is 3. The van der Waals surface area contributed by atoms with E-state index < -0.39 is 29.3 Å². The van der Waals surface area contributed by atoms with Gasteiger partial charge in [0.2, 0.25) is 11.8 Å². The minimum absolute atomic E-state index is 0.0338. The van der Waals surface area contributed by atoms with E-state index in [9.17, 15) is 14.4 Å². The topological polar surface area (TPSA) is 87.7 Å². The molecule has 3 amide bonds. The van der Waals surface area contributed by atoms with Gasteiger partial charge in [0.15, 0.2) is 0 Å². The molecule has 0 saturated carbocycles. The summed E-state index contributed by atoms with van der Waals surface area (Å²) in [5, 5.41) is 6.00. The van der Waals surface area contributed by atoms with Crippen molar-refractivity contribution in [2.45, 2.75) is 138 Å². The maximum absolute atomic E-state index is 14.5. The lowest BCUT2D eigenvalue weighted by atomic mass is 9.88. The van der Waals surface area contributed by atoms with Crippen molar-refractivity contribution in [2.24, 2.45) is 5.92 Å². The summed E-state index contributed by atoms with van der Waals surface area (Å²) in [4.78, 5) is 43.0. The van der Waals surface area contributed by atoms with Gasteiger partial charge in [-0.05, 0) is 90.8 Å². The Morgan fingerprint density at radius 3 is 2.03 bits per heavy atom. The molecule has 0 heterocycles. The van der Waals surface area contributed by atoms with E-state index in [-0.39, 0.29) is 23.8 Å². The van der Waals surface area contributed by atoms with Gasteiger partial charge in [-0.1, -0.05) is 58.7 Å². The van der Waals surface area contributed by atoms with E-state index >= 15 is 0 Å². The highest BCUT2D eigenvalue weighted by molar-refractivity contribution is 5.93. The number of alkyl carbamates (subject to hydrolysis) is 1. The first-order valence-electron chi connectivity index (χ1n) is 14.2. The first kappa shape index (κ1) is 33.5. The molecule has 1 aromatic rings. The van der Waals surface area contributed by atoms with Crippen LogP contribution in [0.25, 0.3) is 0 Å². The van der Waals surface area contributed by atoms with Gasteiger partial charge in [-0.15, -0.1) is 0 Å². The summed E-state index contributed by atoms with van der Waals surface area (Å²) in [6.45, 7) is 23.4. The largest absolute Gasteiger partial charge is 0.444 e. The number of aryl methyl sites for hydroxylation is 2. The molecule has 4 unspecified atom stereocenters. The minimum Gasteiger partial charge on any atom is -0.444 e. The SMILES string of the molecule is CCCC(C)NC(=O)C(c1ccc(C)c(C)c1)N(C(=O)C(NC(=O)OC(C)(C)C)C(C)CC)C(C)(C)CC. The maximum atomic E-state index is 14.5. The van der Waals surface area contributed by atoms with E-state index in [2.05, 4.69) is 17.6 Å². The molecular weight excluding hydrogens is 478 g/mol. The molecule has 0 saturated heterocycles. The van der Waals surface area contributed by atoms with E-state index in [0.717, 1.165) is 29.5 Å². The monoisotopic (exact) mass is 531 g/mol. The van der Waals surface area contributed by atoms with Gasteiger partial charge in [-0.2, -0.15) is 0 Å². The Hall–Kier alpha value is -2.57. The van der Waals surface area contributed by atoms with Gasteiger partial charge in [-0.3, -0.25) is 9.59 Å². The zero-order valence-electron chi connectivity index (χ0n) is 26.0. The molecule has 4 atom stereocenters. The highest BCUT2D eigenvalue weighted by Gasteiger charge is 2.44. The standard InChI is InChI=1S/C31H53N3O4/c1-13-16-23(7)32-27(35)26(24-18-17-21(5)22(6)19-24)34(31(11,12)15-3)28(36)25(20(4)14-2)33-29(37)38-30(8,9)10/h17-20,23,25-26H,13-16H2,1-12H3,(H,32,35)(H,33,37). The van der Waals surface area contributed by atoms with Crippen LogP contribution in [0.1, 0.15) is 118 Å². The molecule has 0 aromatic heterocycles. The van der Waals surface area contributed by atoms with Crippen molar-refractivity contribution >= 4 is 17.9 Å². The Morgan fingerprint density at radius 1 is 0.947 bits per heavy atom. The number of hydrogen-bond acceptors (Lipinski definition) is 4. The molecule has 1 aromatic carbocycles. The Labute approximate surface area is 231 Å². The van der Waals surface area contributed by atoms with Crippen molar-refractivity contribution in [1.82, 2.24) is 15.5 Å². The van der Waals surface area contributed by atoms with Crippen molar-refractivity contribution in [3.8, 4) is 0 Å². The van der Waals surface area contributed by atoms with Gasteiger partial charge in [-0.25, -0.2) is 4.79 Å². The average molecular weight is 532 g/mol. The quantitative estimate of drug-likeness (QED) is 0.318. The zero-order chi connectivity index (χ0) is 29.4.